The largest absolute Gasteiger partial charge is 0.295 e. The van der Waals surface area contributed by atoms with Gasteiger partial charge in [-0.05, 0) is 0 Å². The summed E-state index contributed by atoms with van der Waals surface area (Å²) in [6.45, 7) is 0. The molecular formula is C3H11N3O4S2. The predicted octanol–water partition coefficient (Wildman–Crippen LogP) is -2.07. The lowest BCUT2D eigenvalue weighted by Gasteiger charge is -2.18. The van der Waals surface area contributed by atoms with Gasteiger partial charge in [-0.3, -0.25) is 0 Å². The summed E-state index contributed by atoms with van der Waals surface area (Å²) < 4.78 is 44.1. The van der Waals surface area contributed by atoms with Gasteiger partial charge in [0.1, 0.15) is 0 Å². The monoisotopic (exact) mass is 217 g/mol. The molecule has 0 spiro atoms. The summed E-state index contributed by atoms with van der Waals surface area (Å²) in [6.07, 6.45) is 0. The molecule has 0 aromatic heterocycles. The van der Waals surface area contributed by atoms with Crippen LogP contribution in [0.15, 0.2) is 0 Å². The van der Waals surface area contributed by atoms with Crippen LogP contribution in [0.4, 0.5) is 0 Å². The molecule has 0 aromatic carbocycles. The predicted molar refractivity (Wildman–Crippen MR) is 43.5 cm³/mol. The highest BCUT2D eigenvalue weighted by atomic mass is 32.3. The Morgan fingerprint density at radius 1 is 1.00 bits per heavy atom. The molecule has 9 heteroatoms. The van der Waals surface area contributed by atoms with Gasteiger partial charge >= 0.3 is 0 Å². The van der Waals surface area contributed by atoms with Crippen molar-refractivity contribution in [2.24, 2.45) is 5.14 Å². The molecule has 0 heterocycles. The average molecular weight is 217 g/mol. The fraction of sp³-hybridized carbons (Fsp3) is 1.00. The molecule has 0 rings (SSSR count). The van der Waals surface area contributed by atoms with E-state index in [1.807, 2.05) is 0 Å². The summed E-state index contributed by atoms with van der Waals surface area (Å²) in [5.41, 5.74) is 0. The molecule has 0 bridgehead atoms. The summed E-state index contributed by atoms with van der Waals surface area (Å²) in [7, 11) is -4.91. The molecule has 2 N–H and O–H groups in total. The lowest BCUT2D eigenvalue weighted by atomic mass is 11.3. The third-order valence-corrected chi connectivity index (χ3v) is 4.62. The molecule has 0 fully saturated rings. The molecule has 0 atom stereocenters. The van der Waals surface area contributed by atoms with Crippen LogP contribution < -0.4 is 5.14 Å². The van der Waals surface area contributed by atoms with Gasteiger partial charge in [-0.25, -0.2) is 5.14 Å². The van der Waals surface area contributed by atoms with Crippen molar-refractivity contribution in [1.29, 1.82) is 0 Å². The quantitative estimate of drug-likeness (QED) is 0.586. The third kappa shape index (κ3) is 2.38. The average Bonchev–Trinajstić information content (AvgIpc) is 1.83. The maximum atomic E-state index is 11.1. The van der Waals surface area contributed by atoms with Crippen LogP contribution in [0.1, 0.15) is 0 Å². The van der Waals surface area contributed by atoms with Gasteiger partial charge in [0, 0.05) is 21.1 Å². The SMILES string of the molecule is CN(C)S(=O)(=O)N(C)S(N)(=O)=O. The van der Waals surface area contributed by atoms with E-state index < -0.39 is 20.4 Å². The smallest absolute Gasteiger partial charge is 0.215 e. The van der Waals surface area contributed by atoms with Crippen LogP contribution in [-0.4, -0.2) is 46.0 Å². The van der Waals surface area contributed by atoms with Crippen LogP contribution in [0.5, 0.6) is 0 Å². The second-order valence-electron chi connectivity index (χ2n) is 2.21. The van der Waals surface area contributed by atoms with Crippen LogP contribution in [0.3, 0.4) is 0 Å². The Bertz CT molecular complexity index is 342. The Hall–Kier alpha value is -0.220. The molecule has 0 radical (unpaired) electrons. The summed E-state index contributed by atoms with van der Waals surface area (Å²) in [4.78, 5) is 0. The molecule has 74 valence electrons. The molecule has 0 aliphatic carbocycles. The molecule has 0 saturated heterocycles. The van der Waals surface area contributed by atoms with E-state index in [1.165, 1.54) is 14.1 Å². The van der Waals surface area contributed by atoms with E-state index in [4.69, 9.17) is 0 Å². The number of hydrogen-bond acceptors (Lipinski definition) is 4. The molecule has 7 nitrogen and oxygen atoms in total. The first-order chi connectivity index (χ1) is 5.10. The van der Waals surface area contributed by atoms with E-state index in [0.29, 0.717) is 0 Å². The van der Waals surface area contributed by atoms with Crippen molar-refractivity contribution in [2.45, 2.75) is 0 Å². The minimum absolute atomic E-state index is 0.0972. The lowest BCUT2D eigenvalue weighted by Crippen LogP contribution is -2.44. The van der Waals surface area contributed by atoms with Gasteiger partial charge in [-0.1, -0.05) is 3.71 Å². The van der Waals surface area contributed by atoms with E-state index in [9.17, 15) is 16.8 Å². The molecule has 0 amide bonds. The normalized spacial score (nSPS) is 14.2. The molecule has 0 saturated carbocycles. The van der Waals surface area contributed by atoms with E-state index in [2.05, 4.69) is 5.14 Å². The Labute approximate surface area is 72.1 Å². The maximum absolute atomic E-state index is 11.1. The topological polar surface area (TPSA) is 101 Å². The number of hydrogen-bond donors (Lipinski definition) is 1. The standard InChI is InChI=1S/C3H11N3O4S2/c1-5(2)12(9,10)6(3)11(4,7)8/h1-3H3,(H2,4,7,8). The van der Waals surface area contributed by atoms with Crippen LogP contribution in [0.2, 0.25) is 0 Å². The van der Waals surface area contributed by atoms with E-state index in [-0.39, 0.29) is 3.71 Å². The highest BCUT2D eigenvalue weighted by Crippen LogP contribution is 2.03. The van der Waals surface area contributed by atoms with Gasteiger partial charge in [0.05, 0.1) is 0 Å². The number of nitrogens with two attached hydrogens (primary N) is 1. The van der Waals surface area contributed by atoms with Crippen molar-refractivity contribution in [2.75, 3.05) is 21.1 Å². The Morgan fingerprint density at radius 2 is 1.33 bits per heavy atom. The molecule has 12 heavy (non-hydrogen) atoms. The highest BCUT2D eigenvalue weighted by molar-refractivity contribution is 8.01. The highest BCUT2D eigenvalue weighted by Gasteiger charge is 2.28. The van der Waals surface area contributed by atoms with Crippen molar-refractivity contribution < 1.29 is 16.8 Å². The summed E-state index contributed by atoms with van der Waals surface area (Å²) in [5, 5.41) is 4.60. The maximum Gasteiger partial charge on any atom is 0.295 e. The van der Waals surface area contributed by atoms with Crippen molar-refractivity contribution in [3.05, 3.63) is 0 Å². The summed E-state index contributed by atoms with van der Waals surface area (Å²) in [6, 6.07) is 0. The van der Waals surface area contributed by atoms with E-state index in [1.54, 1.807) is 0 Å². The molecule has 0 unspecified atom stereocenters. The van der Waals surface area contributed by atoms with E-state index in [0.717, 1.165) is 11.4 Å². The lowest BCUT2D eigenvalue weighted by molar-refractivity contribution is 0.471. The van der Waals surface area contributed by atoms with Crippen molar-refractivity contribution in [1.82, 2.24) is 8.02 Å². The van der Waals surface area contributed by atoms with Gasteiger partial charge in [0.15, 0.2) is 0 Å². The number of rotatable bonds is 3. The van der Waals surface area contributed by atoms with Gasteiger partial charge in [-0.2, -0.15) is 21.1 Å². The second kappa shape index (κ2) is 3.26. The molecule has 0 aromatic rings. The Kier molecular flexibility index (Phi) is 3.20. The van der Waals surface area contributed by atoms with Crippen molar-refractivity contribution >= 4 is 20.4 Å². The molecular weight excluding hydrogens is 206 g/mol. The van der Waals surface area contributed by atoms with Crippen molar-refractivity contribution in [3.8, 4) is 0 Å². The summed E-state index contributed by atoms with van der Waals surface area (Å²) >= 11 is 0. The third-order valence-electron chi connectivity index (χ3n) is 1.14. The van der Waals surface area contributed by atoms with Gasteiger partial charge < -0.3 is 0 Å². The Morgan fingerprint density at radius 3 is 1.42 bits per heavy atom. The van der Waals surface area contributed by atoms with Gasteiger partial charge in [0.2, 0.25) is 0 Å². The summed E-state index contributed by atoms with van der Waals surface area (Å²) in [5.74, 6) is 0. The zero-order valence-corrected chi connectivity index (χ0v) is 8.55. The van der Waals surface area contributed by atoms with Crippen LogP contribution in [-0.2, 0) is 20.4 Å². The van der Waals surface area contributed by atoms with Crippen LogP contribution in [0, 0.1) is 0 Å². The number of nitrogens with zero attached hydrogens (tertiary/aromatic N) is 2. The minimum Gasteiger partial charge on any atom is -0.215 e. The van der Waals surface area contributed by atoms with E-state index >= 15 is 0 Å². The fourth-order valence-corrected chi connectivity index (χ4v) is 2.27. The van der Waals surface area contributed by atoms with Gasteiger partial charge in [0.25, 0.3) is 20.4 Å². The van der Waals surface area contributed by atoms with Gasteiger partial charge in [-0.15, -0.1) is 0 Å². The Balaban J connectivity index is 5.12. The molecule has 0 aliphatic heterocycles. The first kappa shape index (κ1) is 11.8. The second-order valence-corrected chi connectivity index (χ2v) is 6.20. The zero-order valence-electron chi connectivity index (χ0n) is 6.92. The minimum atomic E-state index is -4.20. The first-order valence-corrected chi connectivity index (χ1v) is 5.69. The van der Waals surface area contributed by atoms with Crippen LogP contribution in [0.25, 0.3) is 0 Å². The zero-order chi connectivity index (χ0) is 10.2. The van der Waals surface area contributed by atoms with Crippen molar-refractivity contribution in [3.63, 3.8) is 0 Å². The first-order valence-electron chi connectivity index (χ1n) is 2.79. The fourth-order valence-electron chi connectivity index (χ4n) is 0.361. The van der Waals surface area contributed by atoms with Crippen LogP contribution >= 0.6 is 0 Å². The molecule has 0 aliphatic rings.